The van der Waals surface area contributed by atoms with Crippen molar-refractivity contribution < 1.29 is 18.0 Å². The molecule has 1 aromatic heterocycles. The van der Waals surface area contributed by atoms with Crippen LogP contribution in [0.2, 0.25) is 0 Å². The number of amides is 2. The molecule has 7 nitrogen and oxygen atoms in total. The van der Waals surface area contributed by atoms with Crippen LogP contribution in [-0.2, 0) is 6.18 Å². The maximum absolute atomic E-state index is 13.9. The van der Waals surface area contributed by atoms with Crippen LogP contribution in [0.3, 0.4) is 0 Å². The number of carbonyl (C=O) groups is 1. The van der Waals surface area contributed by atoms with E-state index >= 15 is 0 Å². The molecule has 0 spiro atoms. The standard InChI is InChI=1S/C28H23F3N6O.ClH/c1-17-22(28(29,30)31)10-11-23(34-27(38)37-14-12-33-13-15-37)24(17)26-21-5-3-2-4-20(21)25(35-36-26)19-8-6-18(16-32)7-9-19;/h2-11,33H,12-15H2,1H3,(H,34,38);1H. The lowest BCUT2D eigenvalue weighted by Gasteiger charge is -2.28. The molecular weight excluding hydrogens is 529 g/mol. The van der Waals surface area contributed by atoms with Gasteiger partial charge < -0.3 is 15.5 Å². The molecule has 2 heterocycles. The minimum absolute atomic E-state index is 0. The molecule has 1 aliphatic heterocycles. The van der Waals surface area contributed by atoms with Crippen molar-refractivity contribution in [3.63, 3.8) is 0 Å². The summed E-state index contributed by atoms with van der Waals surface area (Å²) in [5.41, 5.74) is 1.50. The molecule has 1 fully saturated rings. The van der Waals surface area contributed by atoms with Crippen LogP contribution in [-0.4, -0.2) is 47.3 Å². The molecule has 2 amide bonds. The average Bonchev–Trinajstić information content (AvgIpc) is 2.93. The average molecular weight is 553 g/mol. The molecule has 0 radical (unpaired) electrons. The number of alkyl halides is 3. The molecule has 0 saturated carbocycles. The van der Waals surface area contributed by atoms with E-state index in [1.807, 2.05) is 12.1 Å². The first-order valence-electron chi connectivity index (χ1n) is 12.0. The van der Waals surface area contributed by atoms with Crippen molar-refractivity contribution in [2.24, 2.45) is 0 Å². The van der Waals surface area contributed by atoms with Crippen LogP contribution in [0.4, 0.5) is 23.7 Å². The molecule has 3 aromatic carbocycles. The molecule has 4 aromatic rings. The van der Waals surface area contributed by atoms with E-state index in [-0.39, 0.29) is 34.9 Å². The van der Waals surface area contributed by atoms with Gasteiger partial charge in [-0.1, -0.05) is 36.4 Å². The molecule has 5 rings (SSSR count). The van der Waals surface area contributed by atoms with Gasteiger partial charge in [-0.2, -0.15) is 18.4 Å². The van der Waals surface area contributed by atoms with E-state index < -0.39 is 17.8 Å². The Bertz CT molecular complexity index is 1560. The Kier molecular flexibility index (Phi) is 8.04. The number of benzene rings is 3. The summed E-state index contributed by atoms with van der Waals surface area (Å²) in [7, 11) is 0. The van der Waals surface area contributed by atoms with Gasteiger partial charge in [-0.05, 0) is 36.8 Å². The van der Waals surface area contributed by atoms with E-state index in [0.717, 1.165) is 6.07 Å². The van der Waals surface area contributed by atoms with Gasteiger partial charge in [0.2, 0.25) is 0 Å². The smallest absolute Gasteiger partial charge is 0.322 e. The quantitative estimate of drug-likeness (QED) is 0.324. The number of nitrogens with one attached hydrogen (secondary N) is 2. The highest BCUT2D eigenvalue weighted by atomic mass is 35.5. The summed E-state index contributed by atoms with van der Waals surface area (Å²) in [6, 6.07) is 18.0. The Morgan fingerprint density at radius 2 is 1.59 bits per heavy atom. The lowest BCUT2D eigenvalue weighted by molar-refractivity contribution is -0.138. The monoisotopic (exact) mass is 552 g/mol. The van der Waals surface area contributed by atoms with Crippen LogP contribution in [0.25, 0.3) is 33.3 Å². The van der Waals surface area contributed by atoms with Crippen LogP contribution >= 0.6 is 12.4 Å². The second-order valence-corrected chi connectivity index (χ2v) is 8.96. The molecule has 1 saturated heterocycles. The van der Waals surface area contributed by atoms with Gasteiger partial charge in [-0.25, -0.2) is 4.79 Å². The van der Waals surface area contributed by atoms with Crippen LogP contribution in [0, 0.1) is 18.3 Å². The van der Waals surface area contributed by atoms with Gasteiger partial charge in [0.25, 0.3) is 0 Å². The fourth-order valence-electron chi connectivity index (χ4n) is 4.69. The number of piperazine rings is 1. The van der Waals surface area contributed by atoms with Gasteiger partial charge in [-0.3, -0.25) is 0 Å². The van der Waals surface area contributed by atoms with Crippen molar-refractivity contribution in [3.05, 3.63) is 77.4 Å². The number of urea groups is 1. The highest BCUT2D eigenvalue weighted by molar-refractivity contribution is 6.05. The van der Waals surface area contributed by atoms with Gasteiger partial charge in [0.1, 0.15) is 11.4 Å². The van der Waals surface area contributed by atoms with Crippen LogP contribution in [0.15, 0.2) is 60.7 Å². The number of anilines is 1. The van der Waals surface area contributed by atoms with E-state index in [2.05, 4.69) is 26.9 Å². The minimum atomic E-state index is -4.59. The molecule has 2 N–H and O–H groups in total. The first kappa shape index (κ1) is 27.8. The van der Waals surface area contributed by atoms with Gasteiger partial charge in [-0.15, -0.1) is 22.6 Å². The fourth-order valence-corrected chi connectivity index (χ4v) is 4.69. The van der Waals surface area contributed by atoms with E-state index in [0.29, 0.717) is 53.8 Å². The van der Waals surface area contributed by atoms with Crippen molar-refractivity contribution in [1.29, 1.82) is 5.26 Å². The van der Waals surface area contributed by atoms with Gasteiger partial charge in [0.15, 0.2) is 0 Å². The van der Waals surface area contributed by atoms with Crippen molar-refractivity contribution in [1.82, 2.24) is 20.4 Å². The van der Waals surface area contributed by atoms with E-state index in [1.54, 1.807) is 41.3 Å². The maximum Gasteiger partial charge on any atom is 0.416 e. The number of halogens is 4. The van der Waals surface area contributed by atoms with E-state index in [9.17, 15) is 18.0 Å². The van der Waals surface area contributed by atoms with Crippen molar-refractivity contribution in [2.75, 3.05) is 31.5 Å². The van der Waals surface area contributed by atoms with Crippen molar-refractivity contribution in [2.45, 2.75) is 13.1 Å². The second-order valence-electron chi connectivity index (χ2n) is 8.96. The summed E-state index contributed by atoms with van der Waals surface area (Å²) in [5.74, 6) is 0. The second kappa shape index (κ2) is 11.3. The predicted molar refractivity (Wildman–Crippen MR) is 146 cm³/mol. The summed E-state index contributed by atoms with van der Waals surface area (Å²) in [6.07, 6.45) is -4.59. The number of carbonyl (C=O) groups excluding carboxylic acids is 1. The van der Waals surface area contributed by atoms with E-state index in [4.69, 9.17) is 5.26 Å². The summed E-state index contributed by atoms with van der Waals surface area (Å²) in [4.78, 5) is 14.6. The fraction of sp³-hybridized carbons (Fsp3) is 0.214. The first-order chi connectivity index (χ1) is 18.3. The van der Waals surface area contributed by atoms with Gasteiger partial charge in [0.05, 0.1) is 22.9 Å². The van der Waals surface area contributed by atoms with Crippen LogP contribution in [0.1, 0.15) is 16.7 Å². The topological polar surface area (TPSA) is 93.9 Å². The lowest BCUT2D eigenvalue weighted by Crippen LogP contribution is -2.48. The number of nitriles is 1. The molecule has 0 atom stereocenters. The third kappa shape index (κ3) is 5.50. The zero-order valence-corrected chi connectivity index (χ0v) is 21.7. The Hall–Kier alpha value is -4.20. The third-order valence-corrected chi connectivity index (χ3v) is 6.63. The predicted octanol–water partition coefficient (Wildman–Crippen LogP) is 6.02. The molecule has 1 aliphatic rings. The minimum Gasteiger partial charge on any atom is -0.322 e. The Morgan fingerprint density at radius 1 is 0.974 bits per heavy atom. The molecule has 39 heavy (non-hydrogen) atoms. The molecule has 0 bridgehead atoms. The van der Waals surface area contributed by atoms with Gasteiger partial charge in [0, 0.05) is 48.1 Å². The number of nitrogens with zero attached hydrogens (tertiary/aromatic N) is 4. The largest absolute Gasteiger partial charge is 0.416 e. The first-order valence-corrected chi connectivity index (χ1v) is 12.0. The molecule has 11 heteroatoms. The summed E-state index contributed by atoms with van der Waals surface area (Å²) in [5, 5.41) is 25.2. The summed E-state index contributed by atoms with van der Waals surface area (Å²) in [6.45, 7) is 3.63. The normalized spacial score (nSPS) is 13.5. The SMILES string of the molecule is Cc1c(C(F)(F)F)ccc(NC(=O)N2CCNCC2)c1-c1nnc(-c2ccc(C#N)cc2)c2ccccc12.Cl. The van der Waals surface area contributed by atoms with Crippen molar-refractivity contribution in [3.8, 4) is 28.6 Å². The molecule has 0 unspecified atom stereocenters. The third-order valence-electron chi connectivity index (χ3n) is 6.63. The summed E-state index contributed by atoms with van der Waals surface area (Å²) >= 11 is 0. The van der Waals surface area contributed by atoms with Crippen molar-refractivity contribution >= 4 is 34.9 Å². The lowest BCUT2D eigenvalue weighted by atomic mass is 9.93. The molecule has 200 valence electrons. The summed E-state index contributed by atoms with van der Waals surface area (Å²) < 4.78 is 41.8. The maximum atomic E-state index is 13.9. The van der Waals surface area contributed by atoms with Crippen LogP contribution in [0.5, 0.6) is 0 Å². The number of fused-ring (bicyclic) bond motifs is 1. The molecule has 0 aliphatic carbocycles. The highest BCUT2D eigenvalue weighted by Gasteiger charge is 2.35. The number of aromatic nitrogens is 2. The Balaban J connectivity index is 0.00000353. The Labute approximate surface area is 229 Å². The Morgan fingerprint density at radius 3 is 2.21 bits per heavy atom. The number of hydrogen-bond acceptors (Lipinski definition) is 5. The molecular formula is C28H24ClF3N6O. The van der Waals surface area contributed by atoms with Gasteiger partial charge >= 0.3 is 12.2 Å². The van der Waals surface area contributed by atoms with E-state index in [1.165, 1.54) is 13.0 Å². The zero-order chi connectivity index (χ0) is 26.9. The highest BCUT2D eigenvalue weighted by Crippen LogP contribution is 2.42. The number of rotatable bonds is 3. The zero-order valence-electron chi connectivity index (χ0n) is 20.8. The number of hydrogen-bond donors (Lipinski definition) is 2. The van der Waals surface area contributed by atoms with Crippen LogP contribution < -0.4 is 10.6 Å².